The van der Waals surface area contributed by atoms with E-state index in [2.05, 4.69) is 10.3 Å². The SMILES string of the molecule is CCN(CC)S(=O)(=O)c1cc(NC(=O)c2cc3c(=O)n4ccccc4nc3s2)ccc1C. The Bertz CT molecular complexity index is 1500. The number of carbonyl (C=O) groups is 1. The summed E-state index contributed by atoms with van der Waals surface area (Å²) in [7, 11) is -3.67. The van der Waals surface area contributed by atoms with Gasteiger partial charge in [0.05, 0.1) is 15.2 Å². The highest BCUT2D eigenvalue weighted by atomic mass is 32.2. The number of amides is 1. The Morgan fingerprint density at radius 1 is 1.16 bits per heavy atom. The first-order valence-corrected chi connectivity index (χ1v) is 12.3. The van der Waals surface area contributed by atoms with Gasteiger partial charge in [0, 0.05) is 25.0 Å². The Labute approximate surface area is 189 Å². The van der Waals surface area contributed by atoms with Crippen molar-refractivity contribution in [1.29, 1.82) is 0 Å². The van der Waals surface area contributed by atoms with Crippen molar-refractivity contribution < 1.29 is 13.2 Å². The van der Waals surface area contributed by atoms with Gasteiger partial charge in [-0.15, -0.1) is 11.3 Å². The van der Waals surface area contributed by atoms with E-state index in [4.69, 9.17) is 0 Å². The second-order valence-corrected chi connectivity index (χ2v) is 10.1. The minimum Gasteiger partial charge on any atom is -0.321 e. The van der Waals surface area contributed by atoms with E-state index in [1.165, 1.54) is 20.8 Å². The number of nitrogens with one attached hydrogen (secondary N) is 1. The molecular weight excluding hydrogens is 448 g/mol. The van der Waals surface area contributed by atoms with Gasteiger partial charge in [-0.25, -0.2) is 13.4 Å². The highest BCUT2D eigenvalue weighted by Crippen LogP contribution is 2.26. The molecule has 0 aliphatic carbocycles. The van der Waals surface area contributed by atoms with Crippen LogP contribution in [0.25, 0.3) is 15.9 Å². The number of hydrogen-bond acceptors (Lipinski definition) is 6. The number of carbonyl (C=O) groups excluding carboxylic acids is 1. The summed E-state index contributed by atoms with van der Waals surface area (Å²) >= 11 is 1.12. The second-order valence-electron chi connectivity index (χ2n) is 7.20. The fraction of sp³-hybridized carbons (Fsp3) is 0.227. The van der Waals surface area contributed by atoms with Crippen molar-refractivity contribution in [2.75, 3.05) is 18.4 Å². The fourth-order valence-corrected chi connectivity index (χ4v) is 6.14. The van der Waals surface area contributed by atoms with Crippen molar-refractivity contribution in [2.45, 2.75) is 25.7 Å². The number of sulfonamides is 1. The minimum atomic E-state index is -3.67. The average Bonchev–Trinajstić information content (AvgIpc) is 3.20. The molecule has 3 heterocycles. The van der Waals surface area contributed by atoms with E-state index < -0.39 is 15.9 Å². The summed E-state index contributed by atoms with van der Waals surface area (Å²) < 4.78 is 28.7. The van der Waals surface area contributed by atoms with Crippen LogP contribution in [0.2, 0.25) is 0 Å². The number of fused-ring (bicyclic) bond motifs is 2. The third-order valence-corrected chi connectivity index (χ3v) is 8.43. The van der Waals surface area contributed by atoms with Crippen molar-refractivity contribution in [3.63, 3.8) is 0 Å². The van der Waals surface area contributed by atoms with E-state index in [1.807, 2.05) is 0 Å². The maximum absolute atomic E-state index is 13.0. The van der Waals surface area contributed by atoms with Gasteiger partial charge in [-0.2, -0.15) is 4.31 Å². The molecule has 10 heteroatoms. The zero-order valence-electron chi connectivity index (χ0n) is 17.8. The van der Waals surface area contributed by atoms with Gasteiger partial charge in [0.2, 0.25) is 10.0 Å². The monoisotopic (exact) mass is 470 g/mol. The van der Waals surface area contributed by atoms with E-state index in [-0.39, 0.29) is 10.5 Å². The molecule has 0 atom stereocenters. The summed E-state index contributed by atoms with van der Waals surface area (Å²) in [5.74, 6) is -0.434. The maximum atomic E-state index is 13.0. The smallest absolute Gasteiger partial charge is 0.266 e. The number of benzene rings is 1. The van der Waals surface area contributed by atoms with Gasteiger partial charge in [-0.1, -0.05) is 26.0 Å². The van der Waals surface area contributed by atoms with Crippen LogP contribution >= 0.6 is 11.3 Å². The third-order valence-electron chi connectivity index (χ3n) is 5.21. The zero-order chi connectivity index (χ0) is 23.0. The first-order valence-electron chi connectivity index (χ1n) is 10.1. The van der Waals surface area contributed by atoms with Crippen LogP contribution in [0.5, 0.6) is 0 Å². The summed E-state index contributed by atoms with van der Waals surface area (Å²) in [6.07, 6.45) is 1.63. The summed E-state index contributed by atoms with van der Waals surface area (Å²) in [6.45, 7) is 5.99. The van der Waals surface area contributed by atoms with Crippen LogP contribution in [0, 0.1) is 6.92 Å². The second kappa shape index (κ2) is 8.45. The first-order chi connectivity index (χ1) is 15.3. The van der Waals surface area contributed by atoms with Gasteiger partial charge in [0.1, 0.15) is 10.5 Å². The van der Waals surface area contributed by atoms with Crippen LogP contribution in [0.3, 0.4) is 0 Å². The molecule has 0 aliphatic heterocycles. The summed E-state index contributed by atoms with van der Waals surface area (Å²) in [5.41, 5.74) is 1.21. The summed E-state index contributed by atoms with van der Waals surface area (Å²) in [5, 5.41) is 3.11. The largest absolute Gasteiger partial charge is 0.321 e. The quantitative estimate of drug-likeness (QED) is 0.465. The first kappa shape index (κ1) is 22.1. The lowest BCUT2D eigenvalue weighted by atomic mass is 10.2. The van der Waals surface area contributed by atoms with Gasteiger partial charge in [-0.3, -0.25) is 14.0 Å². The van der Waals surface area contributed by atoms with Crippen LogP contribution < -0.4 is 10.9 Å². The van der Waals surface area contributed by atoms with Gasteiger partial charge >= 0.3 is 0 Å². The summed E-state index contributed by atoms with van der Waals surface area (Å²) in [6, 6.07) is 11.6. The number of anilines is 1. The van der Waals surface area contributed by atoms with Gasteiger partial charge < -0.3 is 5.32 Å². The van der Waals surface area contributed by atoms with Crippen molar-refractivity contribution in [3.8, 4) is 0 Å². The van der Waals surface area contributed by atoms with Crippen molar-refractivity contribution in [3.05, 3.63) is 69.5 Å². The van der Waals surface area contributed by atoms with Crippen molar-refractivity contribution >= 4 is 48.8 Å². The highest BCUT2D eigenvalue weighted by molar-refractivity contribution is 7.89. The molecule has 32 heavy (non-hydrogen) atoms. The lowest BCUT2D eigenvalue weighted by molar-refractivity contribution is 0.103. The van der Waals surface area contributed by atoms with Gasteiger partial charge in [0.15, 0.2) is 0 Å². The number of nitrogens with zero attached hydrogens (tertiary/aromatic N) is 3. The van der Waals surface area contributed by atoms with Crippen molar-refractivity contribution in [1.82, 2.24) is 13.7 Å². The number of aromatic nitrogens is 2. The molecule has 3 aromatic heterocycles. The van der Waals surface area contributed by atoms with Crippen LogP contribution in [0.4, 0.5) is 5.69 Å². The Morgan fingerprint density at radius 3 is 2.62 bits per heavy atom. The van der Waals surface area contributed by atoms with Gasteiger partial charge in [-0.05, 0) is 42.8 Å². The molecule has 0 spiro atoms. The van der Waals surface area contributed by atoms with Crippen LogP contribution in [-0.2, 0) is 10.0 Å². The number of pyridine rings is 1. The molecule has 4 rings (SSSR count). The third kappa shape index (κ3) is 3.81. The molecule has 0 radical (unpaired) electrons. The molecule has 8 nitrogen and oxygen atoms in total. The zero-order valence-corrected chi connectivity index (χ0v) is 19.5. The van der Waals surface area contributed by atoms with E-state index in [0.29, 0.717) is 45.1 Å². The van der Waals surface area contributed by atoms with Crippen LogP contribution in [0.15, 0.2) is 58.4 Å². The molecule has 0 aliphatic rings. The maximum Gasteiger partial charge on any atom is 0.266 e. The normalized spacial score (nSPS) is 12.0. The highest BCUT2D eigenvalue weighted by Gasteiger charge is 2.24. The van der Waals surface area contributed by atoms with Crippen LogP contribution in [0.1, 0.15) is 29.1 Å². The average molecular weight is 471 g/mol. The molecule has 0 saturated carbocycles. The Balaban J connectivity index is 1.69. The molecule has 166 valence electrons. The van der Waals surface area contributed by atoms with E-state index in [9.17, 15) is 18.0 Å². The van der Waals surface area contributed by atoms with Crippen LogP contribution in [-0.4, -0.2) is 41.1 Å². The molecule has 0 saturated heterocycles. The molecule has 1 N–H and O–H groups in total. The number of hydrogen-bond donors (Lipinski definition) is 1. The summed E-state index contributed by atoms with van der Waals surface area (Å²) in [4.78, 5) is 31.0. The lowest BCUT2D eigenvalue weighted by Crippen LogP contribution is -2.31. The molecule has 0 bridgehead atoms. The number of rotatable bonds is 6. The molecule has 1 amide bonds. The van der Waals surface area contributed by atoms with E-state index >= 15 is 0 Å². The number of thiophene rings is 1. The predicted molar refractivity (Wildman–Crippen MR) is 126 cm³/mol. The molecule has 0 unspecified atom stereocenters. The molecule has 4 aromatic rings. The van der Waals surface area contributed by atoms with Crippen molar-refractivity contribution in [2.24, 2.45) is 0 Å². The molecule has 1 aromatic carbocycles. The standard InChI is InChI=1S/C22H22N4O4S2/c1-4-25(5-2)32(29,30)18-12-15(10-9-14(18)3)23-20(27)17-13-16-21(31-17)24-19-8-6-7-11-26(19)22(16)28/h6-13H,4-5H2,1-3H3,(H,23,27). The fourth-order valence-electron chi connectivity index (χ4n) is 3.51. The Morgan fingerprint density at radius 2 is 1.91 bits per heavy atom. The topological polar surface area (TPSA) is 101 Å². The lowest BCUT2D eigenvalue weighted by Gasteiger charge is -2.20. The molecule has 0 fully saturated rings. The molecular formula is C22H22N4O4S2. The Kier molecular flexibility index (Phi) is 5.85. The van der Waals surface area contributed by atoms with E-state index in [0.717, 1.165) is 11.3 Å². The number of aryl methyl sites for hydroxylation is 1. The van der Waals surface area contributed by atoms with E-state index in [1.54, 1.807) is 57.3 Å². The predicted octanol–water partition coefficient (Wildman–Crippen LogP) is 3.50. The van der Waals surface area contributed by atoms with Gasteiger partial charge in [0.25, 0.3) is 11.5 Å². The Hall–Kier alpha value is -3.08. The minimum absolute atomic E-state index is 0.154.